The molecule has 0 aromatic heterocycles. The normalized spacial score (nSPS) is 10.7. The minimum absolute atomic E-state index is 0. The first kappa shape index (κ1) is 11.8. The molecule has 0 radical (unpaired) electrons. The van der Waals surface area contributed by atoms with Crippen LogP contribution in [0.1, 0.15) is 0 Å². The quantitative estimate of drug-likeness (QED) is 0.661. The summed E-state index contributed by atoms with van der Waals surface area (Å²) in [7, 11) is 0. The van der Waals surface area contributed by atoms with Crippen LogP contribution in [-0.2, 0) is 0 Å². The molecule has 1 nitrogen and oxygen atoms in total. The van der Waals surface area contributed by atoms with Gasteiger partial charge in [0.25, 0.3) is 0 Å². The van der Waals surface area contributed by atoms with Crippen LogP contribution >= 0.6 is 12.4 Å². The summed E-state index contributed by atoms with van der Waals surface area (Å²) in [4.78, 5) is 0. The number of nitrogens with two attached hydrogens (primary N) is 1. The summed E-state index contributed by atoms with van der Waals surface area (Å²) in [5, 5.41) is 0. The molecule has 0 unspecified atom stereocenters. The van der Waals surface area contributed by atoms with Crippen LogP contribution in [0.5, 0.6) is 0 Å². The van der Waals surface area contributed by atoms with Gasteiger partial charge in [0.15, 0.2) is 0 Å². The Bertz CT molecular complexity index is 58.6. The second-order valence-electron chi connectivity index (χ2n) is 1.76. The highest BCUT2D eigenvalue weighted by Crippen LogP contribution is 2.02. The summed E-state index contributed by atoms with van der Waals surface area (Å²) in [6.07, 6.45) is 0. The van der Waals surface area contributed by atoms with Crippen molar-refractivity contribution in [2.45, 2.75) is 5.54 Å². The van der Waals surface area contributed by atoms with Crippen LogP contribution in [0.4, 0.5) is 13.2 Å². The third kappa shape index (κ3) is 3.59. The SMILES string of the molecule is Cl.NC(CF)(CF)CF. The lowest BCUT2D eigenvalue weighted by molar-refractivity contribution is 0.196. The van der Waals surface area contributed by atoms with Crippen molar-refractivity contribution >= 4 is 12.4 Å². The van der Waals surface area contributed by atoms with E-state index in [4.69, 9.17) is 5.73 Å². The van der Waals surface area contributed by atoms with Gasteiger partial charge in [0, 0.05) is 0 Å². The van der Waals surface area contributed by atoms with Gasteiger partial charge in [-0.25, -0.2) is 13.2 Å². The van der Waals surface area contributed by atoms with Crippen LogP contribution in [0.2, 0.25) is 0 Å². The molecule has 0 aromatic carbocycles. The van der Waals surface area contributed by atoms with E-state index in [1.807, 2.05) is 0 Å². The average Bonchev–Trinajstić information content (AvgIpc) is 1.87. The van der Waals surface area contributed by atoms with Gasteiger partial charge in [-0.05, 0) is 0 Å². The van der Waals surface area contributed by atoms with E-state index in [9.17, 15) is 13.2 Å². The third-order valence-corrected chi connectivity index (χ3v) is 0.798. The average molecular weight is 164 g/mol. The van der Waals surface area contributed by atoms with Crippen LogP contribution < -0.4 is 5.73 Å². The fourth-order valence-electron chi connectivity index (χ4n) is 0.107. The molecule has 0 rings (SSSR count). The molecule has 58 valence electrons. The van der Waals surface area contributed by atoms with Crippen molar-refractivity contribution in [1.29, 1.82) is 0 Å². The summed E-state index contributed by atoms with van der Waals surface area (Å²) in [5.74, 6) is 0. The molecular formula is C4H9ClF3N. The molecule has 0 spiro atoms. The lowest BCUT2D eigenvalue weighted by atomic mass is 10.1. The predicted molar refractivity (Wildman–Crippen MR) is 32.1 cm³/mol. The summed E-state index contributed by atoms with van der Waals surface area (Å²) in [6, 6.07) is 0. The van der Waals surface area contributed by atoms with Crippen LogP contribution in [0, 0.1) is 0 Å². The highest BCUT2D eigenvalue weighted by molar-refractivity contribution is 5.85. The molecule has 0 heterocycles. The molecule has 0 aliphatic rings. The zero-order valence-corrected chi connectivity index (χ0v) is 5.56. The molecule has 5 heteroatoms. The summed E-state index contributed by atoms with van der Waals surface area (Å²) >= 11 is 0. The molecule has 0 fully saturated rings. The van der Waals surface area contributed by atoms with Gasteiger partial charge < -0.3 is 5.73 Å². The van der Waals surface area contributed by atoms with Gasteiger partial charge in [0.2, 0.25) is 0 Å². The van der Waals surface area contributed by atoms with Crippen LogP contribution in [-0.4, -0.2) is 25.6 Å². The standard InChI is InChI=1S/C4H8F3N.ClH/c5-1-4(8,2-6)3-7;/h1-3,8H2;1H. The van der Waals surface area contributed by atoms with E-state index in [0.717, 1.165) is 0 Å². The molecule has 2 N–H and O–H groups in total. The second kappa shape index (κ2) is 4.88. The smallest absolute Gasteiger partial charge is 0.112 e. The lowest BCUT2D eigenvalue weighted by Gasteiger charge is -2.16. The van der Waals surface area contributed by atoms with E-state index in [1.165, 1.54) is 0 Å². The van der Waals surface area contributed by atoms with E-state index in [0.29, 0.717) is 0 Å². The van der Waals surface area contributed by atoms with Crippen molar-refractivity contribution in [3.05, 3.63) is 0 Å². The van der Waals surface area contributed by atoms with Gasteiger partial charge in [0.05, 0.1) is 0 Å². The van der Waals surface area contributed by atoms with Crippen molar-refractivity contribution in [1.82, 2.24) is 0 Å². The maximum absolute atomic E-state index is 11.4. The van der Waals surface area contributed by atoms with Crippen LogP contribution in [0.25, 0.3) is 0 Å². The van der Waals surface area contributed by atoms with Crippen LogP contribution in [0.3, 0.4) is 0 Å². The van der Waals surface area contributed by atoms with Gasteiger partial charge >= 0.3 is 0 Å². The molecule has 0 aliphatic carbocycles. The predicted octanol–water partition coefficient (Wildman–Crippen LogP) is 1.01. The van der Waals surface area contributed by atoms with Gasteiger partial charge in [-0.15, -0.1) is 12.4 Å². The fourth-order valence-corrected chi connectivity index (χ4v) is 0.107. The number of rotatable bonds is 3. The van der Waals surface area contributed by atoms with Gasteiger partial charge in [-0.1, -0.05) is 0 Å². The van der Waals surface area contributed by atoms with Crippen LogP contribution in [0.15, 0.2) is 0 Å². The van der Waals surface area contributed by atoms with E-state index >= 15 is 0 Å². The topological polar surface area (TPSA) is 26.0 Å². The van der Waals surface area contributed by atoms with Crippen molar-refractivity contribution in [2.75, 3.05) is 20.0 Å². The maximum Gasteiger partial charge on any atom is 0.112 e. The summed E-state index contributed by atoms with van der Waals surface area (Å²) in [6.45, 7) is -3.46. The van der Waals surface area contributed by atoms with Crippen molar-refractivity contribution < 1.29 is 13.2 Å². The Labute approximate surface area is 57.8 Å². The zero-order valence-electron chi connectivity index (χ0n) is 4.74. The Morgan fingerprint density at radius 2 is 1.22 bits per heavy atom. The van der Waals surface area contributed by atoms with Gasteiger partial charge in [-0.2, -0.15) is 0 Å². The number of alkyl halides is 3. The monoisotopic (exact) mass is 163 g/mol. The van der Waals surface area contributed by atoms with Crippen molar-refractivity contribution in [3.8, 4) is 0 Å². The summed E-state index contributed by atoms with van der Waals surface area (Å²) in [5.41, 5.74) is 2.90. The molecule has 0 saturated carbocycles. The van der Waals surface area contributed by atoms with E-state index in [-0.39, 0.29) is 12.4 Å². The molecule has 0 aromatic rings. The maximum atomic E-state index is 11.4. The Morgan fingerprint density at radius 3 is 1.22 bits per heavy atom. The summed E-state index contributed by atoms with van der Waals surface area (Å²) < 4.78 is 34.3. The first-order valence-electron chi connectivity index (χ1n) is 2.15. The van der Waals surface area contributed by atoms with Gasteiger partial charge in [-0.3, -0.25) is 0 Å². The minimum Gasteiger partial charge on any atom is -0.319 e. The highest BCUT2D eigenvalue weighted by Gasteiger charge is 2.24. The van der Waals surface area contributed by atoms with Crippen molar-refractivity contribution in [2.24, 2.45) is 5.73 Å². The Balaban J connectivity index is 0. The molecule has 0 saturated heterocycles. The first-order chi connectivity index (χ1) is 3.68. The lowest BCUT2D eigenvalue weighted by Crippen LogP contribution is -2.46. The molecule has 0 amide bonds. The molecule has 0 bridgehead atoms. The molecule has 9 heavy (non-hydrogen) atoms. The highest BCUT2D eigenvalue weighted by atomic mass is 35.5. The Kier molecular flexibility index (Phi) is 6.39. The van der Waals surface area contributed by atoms with Crippen molar-refractivity contribution in [3.63, 3.8) is 0 Å². The van der Waals surface area contributed by atoms with Gasteiger partial charge in [0.1, 0.15) is 25.6 Å². The molecule has 0 aliphatic heterocycles. The second-order valence-corrected chi connectivity index (χ2v) is 1.76. The Morgan fingerprint density at radius 1 is 1.00 bits per heavy atom. The number of halogens is 4. The van der Waals surface area contributed by atoms with E-state index < -0.39 is 25.6 Å². The first-order valence-corrected chi connectivity index (χ1v) is 2.15. The largest absolute Gasteiger partial charge is 0.319 e. The Hall–Kier alpha value is 0.0400. The molecule has 0 atom stereocenters. The third-order valence-electron chi connectivity index (χ3n) is 0.798. The fraction of sp³-hybridized carbons (Fsp3) is 1.00. The number of hydrogen-bond donors (Lipinski definition) is 1. The van der Waals surface area contributed by atoms with E-state index in [2.05, 4.69) is 0 Å². The van der Waals surface area contributed by atoms with E-state index in [1.54, 1.807) is 0 Å². The number of hydrogen-bond acceptors (Lipinski definition) is 1. The minimum atomic E-state index is -1.88. The zero-order chi connectivity index (χ0) is 6.62. The molecular weight excluding hydrogens is 154 g/mol.